The zero-order valence-corrected chi connectivity index (χ0v) is 20.7. The first-order chi connectivity index (χ1) is 16.3. The highest BCUT2D eigenvalue weighted by molar-refractivity contribution is 7.89. The number of amides is 1. The number of nitrogens with zero attached hydrogens (tertiary/aromatic N) is 2. The lowest BCUT2D eigenvalue weighted by molar-refractivity contribution is 0.0730. The maximum absolute atomic E-state index is 13.0. The van der Waals surface area contributed by atoms with Gasteiger partial charge < -0.3 is 14.2 Å². The molecule has 1 aliphatic heterocycles. The van der Waals surface area contributed by atoms with Crippen molar-refractivity contribution in [3.63, 3.8) is 0 Å². The number of carbonyl (C=O) groups is 1. The monoisotopic (exact) mass is 503 g/mol. The number of hydrogen-bond acceptors (Lipinski definition) is 8. The minimum Gasteiger partial charge on any atom is -0.493 e. The molecule has 0 spiro atoms. The number of benzene rings is 2. The Hall–Kier alpha value is -2.99. The van der Waals surface area contributed by atoms with Crippen molar-refractivity contribution in [2.45, 2.75) is 11.8 Å². The van der Waals surface area contributed by atoms with Gasteiger partial charge in [0.15, 0.2) is 16.6 Å². The standard InChI is InChI=1S/C23H25N3O6S2/c1-15-4-6-17(34(28,29)26-8-10-32-11-9-26)13-18(15)22(27)25-23-24-19(14-33-23)16-5-7-20(30-2)21(12-16)31-3/h4-7,12-14H,8-11H2,1-3H3,(H,24,25,27). The summed E-state index contributed by atoms with van der Waals surface area (Å²) in [6.07, 6.45) is 0. The number of aromatic nitrogens is 1. The molecule has 0 bridgehead atoms. The van der Waals surface area contributed by atoms with Crippen LogP contribution in [0.4, 0.5) is 5.13 Å². The van der Waals surface area contributed by atoms with Crippen LogP contribution in [0.25, 0.3) is 11.3 Å². The molecule has 3 aromatic rings. The first-order valence-electron chi connectivity index (χ1n) is 10.5. The molecular formula is C23H25N3O6S2. The average Bonchev–Trinajstić information content (AvgIpc) is 3.32. The first kappa shape index (κ1) is 24.1. The van der Waals surface area contributed by atoms with Gasteiger partial charge in [0.25, 0.3) is 5.91 Å². The molecule has 4 rings (SSSR count). The van der Waals surface area contributed by atoms with E-state index in [1.807, 2.05) is 17.5 Å². The maximum atomic E-state index is 13.0. The molecule has 1 amide bonds. The van der Waals surface area contributed by atoms with Crippen LogP contribution in [0, 0.1) is 6.92 Å². The summed E-state index contributed by atoms with van der Waals surface area (Å²) in [5, 5.41) is 5.00. The highest BCUT2D eigenvalue weighted by Gasteiger charge is 2.27. The third-order valence-electron chi connectivity index (χ3n) is 5.47. The number of aryl methyl sites for hydroxylation is 1. The van der Waals surface area contributed by atoms with Gasteiger partial charge in [-0.05, 0) is 42.8 Å². The molecule has 0 atom stereocenters. The van der Waals surface area contributed by atoms with Crippen LogP contribution in [0.5, 0.6) is 11.5 Å². The van der Waals surface area contributed by atoms with Gasteiger partial charge in [0.05, 0.1) is 38.0 Å². The molecule has 1 aliphatic rings. The fraction of sp³-hybridized carbons (Fsp3) is 0.304. The number of methoxy groups -OCH3 is 2. The number of anilines is 1. The smallest absolute Gasteiger partial charge is 0.257 e. The lowest BCUT2D eigenvalue weighted by Crippen LogP contribution is -2.40. The number of carbonyl (C=O) groups excluding carboxylic acids is 1. The van der Waals surface area contributed by atoms with Gasteiger partial charge in [-0.3, -0.25) is 10.1 Å². The van der Waals surface area contributed by atoms with Crippen LogP contribution < -0.4 is 14.8 Å². The van der Waals surface area contributed by atoms with E-state index in [0.29, 0.717) is 41.1 Å². The molecule has 9 nitrogen and oxygen atoms in total. The van der Waals surface area contributed by atoms with Gasteiger partial charge in [0.1, 0.15) is 0 Å². The van der Waals surface area contributed by atoms with Gasteiger partial charge in [-0.15, -0.1) is 11.3 Å². The number of nitrogens with one attached hydrogen (secondary N) is 1. The highest BCUT2D eigenvalue weighted by atomic mass is 32.2. The topological polar surface area (TPSA) is 107 Å². The Balaban J connectivity index is 1.55. The van der Waals surface area contributed by atoms with Gasteiger partial charge in [-0.2, -0.15) is 4.31 Å². The Bertz CT molecular complexity index is 1300. The molecule has 1 fully saturated rings. The molecule has 1 N–H and O–H groups in total. The maximum Gasteiger partial charge on any atom is 0.257 e. The normalized spacial score (nSPS) is 14.6. The average molecular weight is 504 g/mol. The quantitative estimate of drug-likeness (QED) is 0.527. The Morgan fingerprint density at radius 2 is 1.82 bits per heavy atom. The van der Waals surface area contributed by atoms with Gasteiger partial charge >= 0.3 is 0 Å². The number of thiazole rings is 1. The second-order valence-electron chi connectivity index (χ2n) is 7.55. The Morgan fingerprint density at radius 3 is 2.53 bits per heavy atom. The van der Waals surface area contributed by atoms with Gasteiger partial charge in [-0.1, -0.05) is 6.07 Å². The number of rotatable bonds is 7. The van der Waals surface area contributed by atoms with Crippen molar-refractivity contribution in [3.8, 4) is 22.8 Å². The molecule has 1 saturated heterocycles. The predicted molar refractivity (Wildman–Crippen MR) is 129 cm³/mol. The molecule has 0 unspecified atom stereocenters. The van der Waals surface area contributed by atoms with Crippen molar-refractivity contribution in [1.82, 2.24) is 9.29 Å². The molecule has 1 aromatic heterocycles. The van der Waals surface area contributed by atoms with E-state index in [1.54, 1.807) is 33.3 Å². The van der Waals surface area contributed by atoms with Crippen LogP contribution in [0.3, 0.4) is 0 Å². The third-order valence-corrected chi connectivity index (χ3v) is 8.12. The van der Waals surface area contributed by atoms with Gasteiger partial charge in [0, 0.05) is 29.6 Å². The lowest BCUT2D eigenvalue weighted by atomic mass is 10.1. The zero-order valence-electron chi connectivity index (χ0n) is 19.0. The second-order valence-corrected chi connectivity index (χ2v) is 10.4. The summed E-state index contributed by atoms with van der Waals surface area (Å²) in [5.74, 6) is 0.759. The molecule has 0 radical (unpaired) electrons. The van der Waals surface area contributed by atoms with E-state index in [0.717, 1.165) is 5.56 Å². The van der Waals surface area contributed by atoms with Crippen molar-refractivity contribution in [2.75, 3.05) is 45.8 Å². The molecule has 180 valence electrons. The minimum absolute atomic E-state index is 0.0790. The van der Waals surface area contributed by atoms with Crippen molar-refractivity contribution in [3.05, 3.63) is 52.9 Å². The van der Waals surface area contributed by atoms with Crippen molar-refractivity contribution < 1.29 is 27.4 Å². The van der Waals surface area contributed by atoms with E-state index < -0.39 is 15.9 Å². The highest BCUT2D eigenvalue weighted by Crippen LogP contribution is 2.33. The number of sulfonamides is 1. The summed E-state index contributed by atoms with van der Waals surface area (Å²) in [6.45, 7) is 3.04. The summed E-state index contributed by atoms with van der Waals surface area (Å²) in [5.41, 5.74) is 2.41. The van der Waals surface area contributed by atoms with Crippen LogP contribution in [0.1, 0.15) is 15.9 Å². The minimum atomic E-state index is -3.71. The lowest BCUT2D eigenvalue weighted by Gasteiger charge is -2.26. The van der Waals surface area contributed by atoms with Crippen LogP contribution in [0.2, 0.25) is 0 Å². The van der Waals surface area contributed by atoms with Gasteiger partial charge in [-0.25, -0.2) is 13.4 Å². The molecule has 0 saturated carbocycles. The van der Waals surface area contributed by atoms with Crippen LogP contribution in [-0.2, 0) is 14.8 Å². The summed E-state index contributed by atoms with van der Waals surface area (Å²) < 4.78 is 43.2. The summed E-state index contributed by atoms with van der Waals surface area (Å²) >= 11 is 1.27. The second kappa shape index (κ2) is 10.1. The number of hydrogen-bond donors (Lipinski definition) is 1. The fourth-order valence-electron chi connectivity index (χ4n) is 3.57. The van der Waals surface area contributed by atoms with Crippen molar-refractivity contribution in [2.24, 2.45) is 0 Å². The molecule has 11 heteroatoms. The van der Waals surface area contributed by atoms with Crippen molar-refractivity contribution >= 4 is 32.4 Å². The number of morpholine rings is 1. The SMILES string of the molecule is COc1ccc(-c2csc(NC(=O)c3cc(S(=O)(=O)N4CCOCC4)ccc3C)n2)cc1OC. The van der Waals surface area contributed by atoms with Crippen LogP contribution >= 0.6 is 11.3 Å². The molecule has 2 heterocycles. The molecule has 2 aromatic carbocycles. The summed E-state index contributed by atoms with van der Waals surface area (Å²) in [7, 11) is -0.588. The summed E-state index contributed by atoms with van der Waals surface area (Å²) in [6, 6.07) is 10.0. The Morgan fingerprint density at radius 1 is 1.09 bits per heavy atom. The third kappa shape index (κ3) is 4.92. The van der Waals surface area contributed by atoms with Crippen LogP contribution in [0.15, 0.2) is 46.7 Å². The predicted octanol–water partition coefficient (Wildman–Crippen LogP) is 3.41. The Kier molecular flexibility index (Phi) is 7.17. The fourth-order valence-corrected chi connectivity index (χ4v) is 5.72. The Labute approximate surface area is 202 Å². The largest absolute Gasteiger partial charge is 0.493 e. The van der Waals surface area contributed by atoms with E-state index >= 15 is 0 Å². The molecular weight excluding hydrogens is 478 g/mol. The summed E-state index contributed by atoms with van der Waals surface area (Å²) in [4.78, 5) is 17.6. The van der Waals surface area contributed by atoms with E-state index in [2.05, 4.69) is 10.3 Å². The van der Waals surface area contributed by atoms with E-state index in [9.17, 15) is 13.2 Å². The number of ether oxygens (including phenoxy) is 3. The first-order valence-corrected chi connectivity index (χ1v) is 12.8. The van der Waals surface area contributed by atoms with Crippen molar-refractivity contribution in [1.29, 1.82) is 0 Å². The van der Waals surface area contributed by atoms with E-state index in [1.165, 1.54) is 27.8 Å². The van der Waals surface area contributed by atoms with Crippen LogP contribution in [-0.4, -0.2) is 64.1 Å². The van der Waals surface area contributed by atoms with E-state index in [4.69, 9.17) is 14.2 Å². The zero-order chi connectivity index (χ0) is 24.3. The molecule has 34 heavy (non-hydrogen) atoms. The van der Waals surface area contributed by atoms with Gasteiger partial charge in [0.2, 0.25) is 10.0 Å². The van der Waals surface area contributed by atoms with E-state index in [-0.39, 0.29) is 23.5 Å². The molecule has 0 aliphatic carbocycles.